The number of rotatable bonds is 2. The molecule has 0 saturated carbocycles. The van der Waals surface area contributed by atoms with Crippen LogP contribution in [0.5, 0.6) is 5.75 Å². The summed E-state index contributed by atoms with van der Waals surface area (Å²) in [5.74, 6) is 0.675. The lowest BCUT2D eigenvalue weighted by Gasteiger charge is -2.34. The van der Waals surface area contributed by atoms with Gasteiger partial charge in [-0.15, -0.1) is 0 Å². The van der Waals surface area contributed by atoms with Gasteiger partial charge in [0, 0.05) is 6.54 Å². The molecule has 0 spiro atoms. The number of para-hydroxylation sites is 2. The normalized spacial score (nSPS) is 19.2. The lowest BCUT2D eigenvalue weighted by Crippen LogP contribution is -2.46. The van der Waals surface area contributed by atoms with Gasteiger partial charge in [-0.2, -0.15) is 0 Å². The van der Waals surface area contributed by atoms with E-state index in [0.29, 0.717) is 24.5 Å². The van der Waals surface area contributed by atoms with E-state index in [4.69, 9.17) is 15.2 Å². The number of hydrogen-bond acceptors (Lipinski definition) is 4. The quantitative estimate of drug-likeness (QED) is 0.851. The van der Waals surface area contributed by atoms with Crippen LogP contribution in [0.1, 0.15) is 33.6 Å². The summed E-state index contributed by atoms with van der Waals surface area (Å²) in [7, 11) is 0. The zero-order valence-electron chi connectivity index (χ0n) is 13.0. The summed E-state index contributed by atoms with van der Waals surface area (Å²) in [6, 6.07) is 7.42. The smallest absolute Gasteiger partial charge is 0.410 e. The van der Waals surface area contributed by atoms with Gasteiger partial charge in [0.25, 0.3) is 0 Å². The van der Waals surface area contributed by atoms with Gasteiger partial charge in [-0.3, -0.25) is 0 Å². The van der Waals surface area contributed by atoms with Gasteiger partial charge in [0.15, 0.2) is 0 Å². The van der Waals surface area contributed by atoms with E-state index in [-0.39, 0.29) is 12.2 Å². The predicted molar refractivity (Wildman–Crippen MR) is 82.3 cm³/mol. The Morgan fingerprint density at radius 1 is 1.33 bits per heavy atom. The summed E-state index contributed by atoms with van der Waals surface area (Å²) in [4.78, 5) is 13.8. The summed E-state index contributed by atoms with van der Waals surface area (Å²) in [6.45, 7) is 6.84. The van der Waals surface area contributed by atoms with Crippen LogP contribution >= 0.6 is 0 Å². The molecular formula is C16H24N2O3. The molecule has 5 nitrogen and oxygen atoms in total. The second-order valence-corrected chi connectivity index (χ2v) is 6.35. The fourth-order valence-electron chi connectivity index (χ4n) is 2.29. The number of nitrogens with zero attached hydrogens (tertiary/aromatic N) is 1. The number of anilines is 1. The van der Waals surface area contributed by atoms with E-state index in [1.165, 1.54) is 0 Å². The molecule has 2 N–H and O–H groups in total. The van der Waals surface area contributed by atoms with Crippen LogP contribution in [0.2, 0.25) is 0 Å². The Morgan fingerprint density at radius 3 is 2.71 bits per heavy atom. The van der Waals surface area contributed by atoms with Gasteiger partial charge in [-0.25, -0.2) is 4.79 Å². The third-order valence-electron chi connectivity index (χ3n) is 3.24. The van der Waals surface area contributed by atoms with Crippen LogP contribution in [-0.2, 0) is 4.74 Å². The highest BCUT2D eigenvalue weighted by molar-refractivity contribution is 5.68. The predicted octanol–water partition coefficient (Wildman–Crippen LogP) is 3.05. The molecule has 116 valence electrons. The van der Waals surface area contributed by atoms with Crippen molar-refractivity contribution < 1.29 is 14.3 Å². The Hall–Kier alpha value is -1.91. The minimum absolute atomic E-state index is 0.0454. The van der Waals surface area contributed by atoms with Crippen LogP contribution in [-0.4, -0.2) is 35.8 Å². The molecule has 1 aliphatic rings. The molecule has 0 aromatic heterocycles. The number of amides is 1. The van der Waals surface area contributed by atoms with Crippen molar-refractivity contribution in [2.75, 3.05) is 18.8 Å². The van der Waals surface area contributed by atoms with E-state index in [1.807, 2.05) is 45.0 Å². The van der Waals surface area contributed by atoms with Crippen LogP contribution in [0.15, 0.2) is 24.3 Å². The van der Waals surface area contributed by atoms with Crippen molar-refractivity contribution in [1.29, 1.82) is 0 Å². The van der Waals surface area contributed by atoms with Crippen molar-refractivity contribution in [3.05, 3.63) is 24.3 Å². The molecule has 21 heavy (non-hydrogen) atoms. The number of carbonyl (C=O) groups is 1. The molecule has 5 heteroatoms. The van der Waals surface area contributed by atoms with Crippen molar-refractivity contribution in [2.24, 2.45) is 0 Å². The first kappa shape index (κ1) is 15.5. The summed E-state index contributed by atoms with van der Waals surface area (Å²) in [6.07, 6.45) is 1.48. The average Bonchev–Trinajstić information content (AvgIpc) is 2.40. The number of carbonyl (C=O) groups excluding carboxylic acids is 1. The van der Waals surface area contributed by atoms with Crippen LogP contribution in [0.25, 0.3) is 0 Å². The number of nitrogen functional groups attached to an aromatic ring is 1. The number of hydrogen-bond donors (Lipinski definition) is 1. The maximum atomic E-state index is 12.1. The molecule has 0 radical (unpaired) electrons. The zero-order valence-corrected chi connectivity index (χ0v) is 13.0. The molecule has 1 fully saturated rings. The molecule has 2 rings (SSSR count). The number of likely N-dealkylation sites (tertiary alicyclic amines) is 1. The van der Waals surface area contributed by atoms with E-state index in [1.54, 1.807) is 4.90 Å². The first-order valence-electron chi connectivity index (χ1n) is 7.34. The van der Waals surface area contributed by atoms with Crippen LogP contribution in [0, 0.1) is 0 Å². The fraction of sp³-hybridized carbons (Fsp3) is 0.562. The molecule has 0 aliphatic carbocycles. The van der Waals surface area contributed by atoms with Gasteiger partial charge in [0.1, 0.15) is 17.5 Å². The van der Waals surface area contributed by atoms with Crippen LogP contribution in [0.3, 0.4) is 0 Å². The highest BCUT2D eigenvalue weighted by Crippen LogP contribution is 2.24. The SMILES string of the molecule is CC(C)(C)OC(=O)N1CCC[C@H](Oc2ccccc2N)C1. The molecule has 0 unspecified atom stereocenters. The Morgan fingerprint density at radius 2 is 2.05 bits per heavy atom. The van der Waals surface area contributed by atoms with E-state index < -0.39 is 5.60 Å². The first-order valence-corrected chi connectivity index (χ1v) is 7.34. The van der Waals surface area contributed by atoms with Crippen LogP contribution in [0.4, 0.5) is 10.5 Å². The molecule has 1 atom stereocenters. The Kier molecular flexibility index (Phi) is 4.60. The van der Waals surface area contributed by atoms with Gasteiger partial charge in [-0.05, 0) is 45.7 Å². The maximum absolute atomic E-state index is 12.1. The van der Waals surface area contributed by atoms with Crippen LogP contribution < -0.4 is 10.5 Å². The monoisotopic (exact) mass is 292 g/mol. The average molecular weight is 292 g/mol. The summed E-state index contributed by atoms with van der Waals surface area (Å²) in [5.41, 5.74) is 6.03. The number of piperidine rings is 1. The lowest BCUT2D eigenvalue weighted by atomic mass is 10.1. The molecular weight excluding hydrogens is 268 g/mol. The van der Waals surface area contributed by atoms with E-state index >= 15 is 0 Å². The number of nitrogens with two attached hydrogens (primary N) is 1. The van der Waals surface area contributed by atoms with Crippen molar-refractivity contribution in [3.63, 3.8) is 0 Å². The molecule has 1 aliphatic heterocycles. The summed E-state index contributed by atoms with van der Waals surface area (Å²) < 4.78 is 11.3. The second kappa shape index (κ2) is 6.24. The lowest BCUT2D eigenvalue weighted by molar-refractivity contribution is 0.00786. The minimum atomic E-state index is -0.477. The van der Waals surface area contributed by atoms with E-state index in [2.05, 4.69) is 0 Å². The number of benzene rings is 1. The second-order valence-electron chi connectivity index (χ2n) is 6.35. The molecule has 1 saturated heterocycles. The van der Waals surface area contributed by atoms with Crippen molar-refractivity contribution in [3.8, 4) is 5.75 Å². The number of ether oxygens (including phenoxy) is 2. The topological polar surface area (TPSA) is 64.8 Å². The highest BCUT2D eigenvalue weighted by Gasteiger charge is 2.28. The van der Waals surface area contributed by atoms with Gasteiger partial charge < -0.3 is 20.1 Å². The van der Waals surface area contributed by atoms with Crippen molar-refractivity contribution in [2.45, 2.75) is 45.3 Å². The third-order valence-corrected chi connectivity index (χ3v) is 3.24. The zero-order chi connectivity index (χ0) is 15.5. The van der Waals surface area contributed by atoms with Gasteiger partial charge in [0.05, 0.1) is 12.2 Å². The Bertz CT molecular complexity index is 497. The first-order chi connectivity index (χ1) is 9.85. The highest BCUT2D eigenvalue weighted by atomic mass is 16.6. The van der Waals surface area contributed by atoms with E-state index in [0.717, 1.165) is 12.8 Å². The largest absolute Gasteiger partial charge is 0.486 e. The molecule has 1 amide bonds. The Labute approximate surface area is 126 Å². The minimum Gasteiger partial charge on any atom is -0.486 e. The van der Waals surface area contributed by atoms with Gasteiger partial charge in [-0.1, -0.05) is 12.1 Å². The third kappa shape index (κ3) is 4.55. The van der Waals surface area contributed by atoms with Crippen molar-refractivity contribution in [1.82, 2.24) is 4.90 Å². The maximum Gasteiger partial charge on any atom is 0.410 e. The summed E-state index contributed by atoms with van der Waals surface area (Å²) >= 11 is 0. The standard InChI is InChI=1S/C16H24N2O3/c1-16(2,3)21-15(19)18-10-6-7-12(11-18)20-14-9-5-4-8-13(14)17/h4-5,8-9,12H,6-7,10-11,17H2,1-3H3/t12-/m0/s1. The fourth-order valence-corrected chi connectivity index (χ4v) is 2.29. The molecule has 1 aromatic rings. The van der Waals surface area contributed by atoms with E-state index in [9.17, 15) is 4.79 Å². The summed E-state index contributed by atoms with van der Waals surface area (Å²) in [5, 5.41) is 0. The Balaban J connectivity index is 1.95. The molecule has 1 aromatic carbocycles. The molecule has 1 heterocycles. The van der Waals surface area contributed by atoms with Gasteiger partial charge >= 0.3 is 6.09 Å². The van der Waals surface area contributed by atoms with Crippen molar-refractivity contribution >= 4 is 11.8 Å². The van der Waals surface area contributed by atoms with Gasteiger partial charge in [0.2, 0.25) is 0 Å². The molecule has 0 bridgehead atoms.